The fourth-order valence-electron chi connectivity index (χ4n) is 2.00. The van der Waals surface area contributed by atoms with Gasteiger partial charge in [-0.1, -0.05) is 30.4 Å². The maximum absolute atomic E-state index is 12.2. The number of aliphatic hydroxyl groups excluding tert-OH is 1. The van der Waals surface area contributed by atoms with Crippen LogP contribution in [0.4, 0.5) is 5.69 Å². The zero-order valence-electron chi connectivity index (χ0n) is 10.7. The average molecular weight is 275 g/mol. The quantitative estimate of drug-likeness (QED) is 0.814. The first-order valence-corrected chi connectivity index (χ1v) is 7.47. The number of amides is 1. The van der Waals surface area contributed by atoms with Gasteiger partial charge in [0.05, 0.1) is 10.9 Å². The predicted octanol–water partition coefficient (Wildman–Crippen LogP) is 2.25. The largest absolute Gasteiger partial charge is 0.384 e. The molecule has 1 aromatic carbocycles. The summed E-state index contributed by atoms with van der Waals surface area (Å²) < 4.78 is 0. The minimum atomic E-state index is -0.180. The number of aliphatic hydroxyl groups is 1. The molecule has 1 fully saturated rings. The SMILES string of the molecule is O=C(Nc1ccccc1C#CCO)C1CCCCS1. The number of carbonyl (C=O) groups is 1. The highest BCUT2D eigenvalue weighted by molar-refractivity contribution is 8.00. The van der Waals surface area contributed by atoms with Gasteiger partial charge < -0.3 is 10.4 Å². The van der Waals surface area contributed by atoms with E-state index in [0.717, 1.165) is 29.8 Å². The molecule has 1 unspecified atom stereocenters. The van der Waals surface area contributed by atoms with Gasteiger partial charge in [-0.15, -0.1) is 11.8 Å². The summed E-state index contributed by atoms with van der Waals surface area (Å²) in [5, 5.41) is 11.7. The normalized spacial score (nSPS) is 18.3. The molecule has 1 heterocycles. The molecule has 1 saturated heterocycles. The van der Waals surface area contributed by atoms with E-state index in [2.05, 4.69) is 17.2 Å². The summed E-state index contributed by atoms with van der Waals surface area (Å²) in [6.07, 6.45) is 3.27. The van der Waals surface area contributed by atoms with E-state index in [1.807, 2.05) is 24.3 Å². The molecule has 0 spiro atoms. The van der Waals surface area contributed by atoms with Crippen molar-refractivity contribution in [1.29, 1.82) is 0 Å². The van der Waals surface area contributed by atoms with Crippen molar-refractivity contribution >= 4 is 23.4 Å². The lowest BCUT2D eigenvalue weighted by Gasteiger charge is -2.20. The van der Waals surface area contributed by atoms with E-state index in [1.165, 1.54) is 6.42 Å². The molecule has 3 nitrogen and oxygen atoms in total. The topological polar surface area (TPSA) is 49.3 Å². The second kappa shape index (κ2) is 7.22. The Labute approximate surface area is 117 Å². The van der Waals surface area contributed by atoms with Gasteiger partial charge in [-0.05, 0) is 30.7 Å². The van der Waals surface area contributed by atoms with Gasteiger partial charge in [0, 0.05) is 5.56 Å². The van der Waals surface area contributed by atoms with E-state index in [1.54, 1.807) is 11.8 Å². The molecule has 100 valence electrons. The number of nitrogens with one attached hydrogen (secondary N) is 1. The molecule has 1 amide bonds. The van der Waals surface area contributed by atoms with Gasteiger partial charge in [0.2, 0.25) is 5.91 Å². The van der Waals surface area contributed by atoms with Crippen molar-refractivity contribution in [2.45, 2.75) is 24.5 Å². The Hall–Kier alpha value is -1.44. The Balaban J connectivity index is 2.07. The number of thioether (sulfide) groups is 1. The number of rotatable bonds is 2. The first-order chi connectivity index (χ1) is 9.31. The fourth-order valence-corrected chi connectivity index (χ4v) is 3.20. The minimum absolute atomic E-state index is 0.0487. The molecule has 0 radical (unpaired) electrons. The van der Waals surface area contributed by atoms with Gasteiger partial charge in [-0.25, -0.2) is 0 Å². The number of benzene rings is 1. The van der Waals surface area contributed by atoms with E-state index < -0.39 is 0 Å². The van der Waals surface area contributed by atoms with E-state index in [9.17, 15) is 4.79 Å². The van der Waals surface area contributed by atoms with Crippen LogP contribution in [0, 0.1) is 11.8 Å². The molecule has 0 saturated carbocycles. The van der Waals surface area contributed by atoms with Crippen LogP contribution < -0.4 is 5.32 Å². The minimum Gasteiger partial charge on any atom is -0.384 e. The summed E-state index contributed by atoms with van der Waals surface area (Å²) in [6.45, 7) is -0.180. The van der Waals surface area contributed by atoms with Crippen molar-refractivity contribution in [3.05, 3.63) is 29.8 Å². The van der Waals surface area contributed by atoms with Crippen LogP contribution in [-0.2, 0) is 4.79 Å². The zero-order valence-corrected chi connectivity index (χ0v) is 11.5. The molecule has 19 heavy (non-hydrogen) atoms. The maximum Gasteiger partial charge on any atom is 0.237 e. The van der Waals surface area contributed by atoms with Gasteiger partial charge in [0.15, 0.2) is 0 Å². The molecule has 0 bridgehead atoms. The van der Waals surface area contributed by atoms with Crippen LogP contribution in [0.25, 0.3) is 0 Å². The molecule has 4 heteroatoms. The summed E-state index contributed by atoms with van der Waals surface area (Å²) in [4.78, 5) is 12.2. The van der Waals surface area contributed by atoms with Crippen molar-refractivity contribution in [3.8, 4) is 11.8 Å². The van der Waals surface area contributed by atoms with Gasteiger partial charge >= 0.3 is 0 Å². The maximum atomic E-state index is 12.2. The molecule has 0 aromatic heterocycles. The highest BCUT2D eigenvalue weighted by Gasteiger charge is 2.22. The second-order valence-electron chi connectivity index (χ2n) is 4.35. The summed E-state index contributed by atoms with van der Waals surface area (Å²) in [7, 11) is 0. The molecule has 1 aliphatic heterocycles. The molecule has 1 aromatic rings. The fraction of sp³-hybridized carbons (Fsp3) is 0.400. The van der Waals surface area contributed by atoms with Crippen molar-refractivity contribution in [2.24, 2.45) is 0 Å². The third kappa shape index (κ3) is 4.02. The standard InChI is InChI=1S/C15H17NO2S/c17-10-5-7-12-6-1-2-8-13(12)16-15(18)14-9-3-4-11-19-14/h1-2,6,8,14,17H,3-4,9-11H2,(H,16,18). The molecular formula is C15H17NO2S. The van der Waals surface area contributed by atoms with Crippen LogP contribution in [0.15, 0.2) is 24.3 Å². The summed E-state index contributed by atoms with van der Waals surface area (Å²) >= 11 is 1.73. The van der Waals surface area contributed by atoms with Crippen molar-refractivity contribution in [3.63, 3.8) is 0 Å². The molecule has 2 rings (SSSR count). The van der Waals surface area contributed by atoms with E-state index in [-0.39, 0.29) is 17.8 Å². The molecule has 2 N–H and O–H groups in total. The van der Waals surface area contributed by atoms with Crippen LogP contribution >= 0.6 is 11.8 Å². The lowest BCUT2D eigenvalue weighted by molar-refractivity contribution is -0.115. The lowest BCUT2D eigenvalue weighted by atomic mass is 10.1. The van der Waals surface area contributed by atoms with E-state index >= 15 is 0 Å². The highest BCUT2D eigenvalue weighted by Crippen LogP contribution is 2.26. The van der Waals surface area contributed by atoms with E-state index in [4.69, 9.17) is 5.11 Å². The van der Waals surface area contributed by atoms with Crippen molar-refractivity contribution in [1.82, 2.24) is 0 Å². The lowest BCUT2D eigenvalue weighted by Crippen LogP contribution is -2.27. The average Bonchev–Trinajstić information content (AvgIpc) is 2.47. The predicted molar refractivity (Wildman–Crippen MR) is 79.1 cm³/mol. The number of anilines is 1. The van der Waals surface area contributed by atoms with Crippen molar-refractivity contribution < 1.29 is 9.90 Å². The summed E-state index contributed by atoms with van der Waals surface area (Å²) in [6, 6.07) is 7.42. The number of para-hydroxylation sites is 1. The molecule has 0 aliphatic carbocycles. The highest BCUT2D eigenvalue weighted by atomic mass is 32.2. The van der Waals surface area contributed by atoms with Crippen molar-refractivity contribution in [2.75, 3.05) is 17.7 Å². The monoisotopic (exact) mass is 275 g/mol. The second-order valence-corrected chi connectivity index (χ2v) is 5.66. The summed E-state index contributed by atoms with van der Waals surface area (Å²) in [5.41, 5.74) is 1.46. The van der Waals surface area contributed by atoms with Crippen LogP contribution in [0.2, 0.25) is 0 Å². The number of carbonyl (C=O) groups excluding carboxylic acids is 1. The number of hydrogen-bond acceptors (Lipinski definition) is 3. The van der Waals surface area contributed by atoms with Crippen LogP contribution in [0.1, 0.15) is 24.8 Å². The molecular weight excluding hydrogens is 258 g/mol. The van der Waals surface area contributed by atoms with Crippen LogP contribution in [0.3, 0.4) is 0 Å². The molecule has 1 aliphatic rings. The zero-order chi connectivity index (χ0) is 13.5. The first-order valence-electron chi connectivity index (χ1n) is 6.42. The third-order valence-electron chi connectivity index (χ3n) is 2.96. The first kappa shape index (κ1) is 14.0. The smallest absolute Gasteiger partial charge is 0.237 e. The third-order valence-corrected chi connectivity index (χ3v) is 4.34. The summed E-state index contributed by atoms with van der Waals surface area (Å²) in [5.74, 6) is 6.57. The Morgan fingerprint density at radius 3 is 3.00 bits per heavy atom. The van der Waals surface area contributed by atoms with Gasteiger partial charge in [0.1, 0.15) is 6.61 Å². The Bertz CT molecular complexity index is 498. The Kier molecular flexibility index (Phi) is 5.31. The molecule has 1 atom stereocenters. The van der Waals surface area contributed by atoms with Gasteiger partial charge in [-0.3, -0.25) is 4.79 Å². The Morgan fingerprint density at radius 1 is 1.42 bits per heavy atom. The van der Waals surface area contributed by atoms with E-state index in [0.29, 0.717) is 0 Å². The van der Waals surface area contributed by atoms with Crippen LogP contribution in [0.5, 0.6) is 0 Å². The van der Waals surface area contributed by atoms with Gasteiger partial charge in [-0.2, -0.15) is 0 Å². The van der Waals surface area contributed by atoms with Crippen LogP contribution in [-0.4, -0.2) is 28.6 Å². The Morgan fingerprint density at radius 2 is 2.26 bits per heavy atom. The number of hydrogen-bond donors (Lipinski definition) is 2. The van der Waals surface area contributed by atoms with Gasteiger partial charge in [0.25, 0.3) is 0 Å².